The lowest BCUT2D eigenvalue weighted by Crippen LogP contribution is -2.01. The third-order valence-corrected chi connectivity index (χ3v) is 2.29. The molecule has 0 saturated heterocycles. The van der Waals surface area contributed by atoms with Crippen LogP contribution in [0, 0.1) is 0 Å². The van der Waals surface area contributed by atoms with Gasteiger partial charge in [-0.3, -0.25) is 0 Å². The lowest BCUT2D eigenvalue weighted by atomic mass is 10.1. The van der Waals surface area contributed by atoms with E-state index in [2.05, 4.69) is 6.92 Å². The van der Waals surface area contributed by atoms with Gasteiger partial charge in [-0.1, -0.05) is 24.6 Å². The fourth-order valence-corrected chi connectivity index (χ4v) is 1.64. The van der Waals surface area contributed by atoms with Crippen molar-refractivity contribution < 1.29 is 4.74 Å². The lowest BCUT2D eigenvalue weighted by molar-refractivity contribution is 0.410. The van der Waals surface area contributed by atoms with Crippen LogP contribution in [0.15, 0.2) is 12.1 Å². The van der Waals surface area contributed by atoms with Crippen LogP contribution in [0.5, 0.6) is 5.75 Å². The minimum atomic E-state index is 0.455. The molecule has 0 aliphatic heterocycles. The number of aryl methyl sites for hydroxylation is 1. The van der Waals surface area contributed by atoms with E-state index in [0.29, 0.717) is 17.3 Å². The van der Waals surface area contributed by atoms with E-state index in [-0.39, 0.29) is 0 Å². The van der Waals surface area contributed by atoms with Crippen LogP contribution in [-0.4, -0.2) is 7.11 Å². The van der Waals surface area contributed by atoms with E-state index in [1.54, 1.807) is 7.11 Å². The molecule has 0 aliphatic rings. The molecule has 2 nitrogen and oxygen atoms in total. The van der Waals surface area contributed by atoms with Crippen molar-refractivity contribution in [2.45, 2.75) is 19.9 Å². The Bertz CT molecular complexity index is 299. The van der Waals surface area contributed by atoms with Crippen LogP contribution in [0.25, 0.3) is 0 Å². The second kappa shape index (κ2) is 4.49. The first-order chi connectivity index (χ1) is 6.22. The molecule has 72 valence electrons. The maximum atomic E-state index is 6.01. The van der Waals surface area contributed by atoms with Crippen LogP contribution in [0.2, 0.25) is 5.02 Å². The SMILES string of the molecule is CCc1cc(Cl)c(OC)c(CN)c1. The summed E-state index contributed by atoms with van der Waals surface area (Å²) in [7, 11) is 1.60. The average molecular weight is 200 g/mol. The molecule has 0 unspecified atom stereocenters. The molecule has 1 aromatic rings. The average Bonchev–Trinajstić information content (AvgIpc) is 2.16. The summed E-state index contributed by atoms with van der Waals surface area (Å²) in [6, 6.07) is 3.95. The van der Waals surface area contributed by atoms with Crippen LogP contribution in [0.3, 0.4) is 0 Å². The molecule has 3 heteroatoms. The van der Waals surface area contributed by atoms with Crippen molar-refractivity contribution in [2.24, 2.45) is 5.73 Å². The standard InChI is InChI=1S/C10H14ClNO/c1-3-7-4-8(6-12)10(13-2)9(11)5-7/h4-5H,3,6,12H2,1-2H3. The van der Waals surface area contributed by atoms with Crippen LogP contribution in [0.4, 0.5) is 0 Å². The molecular formula is C10H14ClNO. The Hall–Kier alpha value is -0.730. The fourth-order valence-electron chi connectivity index (χ4n) is 1.30. The van der Waals surface area contributed by atoms with Crippen molar-refractivity contribution in [3.05, 3.63) is 28.3 Å². The summed E-state index contributed by atoms with van der Waals surface area (Å²) in [4.78, 5) is 0. The summed E-state index contributed by atoms with van der Waals surface area (Å²) in [6.07, 6.45) is 0.955. The molecule has 0 amide bonds. The Kier molecular flexibility index (Phi) is 3.58. The van der Waals surface area contributed by atoms with Crippen molar-refractivity contribution in [3.8, 4) is 5.75 Å². The maximum Gasteiger partial charge on any atom is 0.141 e. The first-order valence-electron chi connectivity index (χ1n) is 4.28. The molecule has 1 aromatic carbocycles. The number of hydrogen-bond acceptors (Lipinski definition) is 2. The van der Waals surface area contributed by atoms with Crippen molar-refractivity contribution >= 4 is 11.6 Å². The van der Waals surface area contributed by atoms with Crippen LogP contribution in [0.1, 0.15) is 18.1 Å². The third-order valence-electron chi connectivity index (χ3n) is 2.01. The molecule has 2 N–H and O–H groups in total. The van der Waals surface area contributed by atoms with Crippen molar-refractivity contribution in [2.75, 3.05) is 7.11 Å². The van der Waals surface area contributed by atoms with Gasteiger partial charge >= 0.3 is 0 Å². The molecule has 0 fully saturated rings. The van der Waals surface area contributed by atoms with Gasteiger partial charge in [-0.25, -0.2) is 0 Å². The molecule has 0 bridgehead atoms. The molecule has 0 heterocycles. The van der Waals surface area contributed by atoms with Crippen molar-refractivity contribution in [1.82, 2.24) is 0 Å². The molecule has 13 heavy (non-hydrogen) atoms. The Morgan fingerprint density at radius 3 is 2.62 bits per heavy atom. The quantitative estimate of drug-likeness (QED) is 0.811. The predicted octanol–water partition coefficient (Wildman–Crippen LogP) is 2.37. The minimum Gasteiger partial charge on any atom is -0.495 e. The second-order valence-electron chi connectivity index (χ2n) is 2.83. The van der Waals surface area contributed by atoms with Crippen molar-refractivity contribution in [1.29, 1.82) is 0 Å². The topological polar surface area (TPSA) is 35.2 Å². The highest BCUT2D eigenvalue weighted by Gasteiger charge is 2.07. The molecule has 0 aromatic heterocycles. The number of hydrogen-bond donors (Lipinski definition) is 1. The van der Waals surface area contributed by atoms with Gasteiger partial charge in [-0.15, -0.1) is 0 Å². The van der Waals surface area contributed by atoms with Crippen LogP contribution >= 0.6 is 11.6 Å². The highest BCUT2D eigenvalue weighted by atomic mass is 35.5. The Labute approximate surface area is 83.6 Å². The summed E-state index contributed by atoms with van der Waals surface area (Å²) >= 11 is 6.01. The second-order valence-corrected chi connectivity index (χ2v) is 3.23. The predicted molar refractivity (Wildman–Crippen MR) is 55.3 cm³/mol. The van der Waals surface area contributed by atoms with Gasteiger partial charge < -0.3 is 10.5 Å². The van der Waals surface area contributed by atoms with Gasteiger partial charge in [0, 0.05) is 12.1 Å². The molecular weight excluding hydrogens is 186 g/mol. The number of methoxy groups -OCH3 is 1. The Morgan fingerprint density at radius 1 is 1.46 bits per heavy atom. The smallest absolute Gasteiger partial charge is 0.141 e. The third kappa shape index (κ3) is 2.14. The van der Waals surface area contributed by atoms with E-state index in [4.69, 9.17) is 22.1 Å². The zero-order chi connectivity index (χ0) is 9.84. The highest BCUT2D eigenvalue weighted by molar-refractivity contribution is 6.32. The van der Waals surface area contributed by atoms with Gasteiger partial charge in [0.2, 0.25) is 0 Å². The number of nitrogens with two attached hydrogens (primary N) is 1. The van der Waals surface area contributed by atoms with Gasteiger partial charge in [-0.05, 0) is 18.1 Å². The number of benzene rings is 1. The number of rotatable bonds is 3. The lowest BCUT2D eigenvalue weighted by Gasteiger charge is -2.10. The molecule has 0 saturated carbocycles. The van der Waals surface area contributed by atoms with E-state index in [1.165, 1.54) is 5.56 Å². The van der Waals surface area contributed by atoms with Gasteiger partial charge in [-0.2, -0.15) is 0 Å². The summed E-state index contributed by atoms with van der Waals surface area (Å²) < 4.78 is 5.15. The van der Waals surface area contributed by atoms with Crippen molar-refractivity contribution in [3.63, 3.8) is 0 Å². The summed E-state index contributed by atoms with van der Waals surface area (Å²) in [5, 5.41) is 0.641. The van der Waals surface area contributed by atoms with Gasteiger partial charge in [0.15, 0.2) is 0 Å². The first kappa shape index (κ1) is 10.4. The largest absolute Gasteiger partial charge is 0.495 e. The minimum absolute atomic E-state index is 0.455. The summed E-state index contributed by atoms with van der Waals surface area (Å²) in [5.74, 6) is 0.696. The van der Waals surface area contributed by atoms with E-state index < -0.39 is 0 Å². The number of ether oxygens (including phenoxy) is 1. The molecule has 0 radical (unpaired) electrons. The van der Waals surface area contributed by atoms with Crippen LogP contribution in [-0.2, 0) is 13.0 Å². The molecule has 0 atom stereocenters. The fraction of sp³-hybridized carbons (Fsp3) is 0.400. The van der Waals surface area contributed by atoms with E-state index in [9.17, 15) is 0 Å². The zero-order valence-corrected chi connectivity index (χ0v) is 8.69. The normalized spacial score (nSPS) is 10.2. The zero-order valence-electron chi connectivity index (χ0n) is 7.93. The summed E-state index contributed by atoms with van der Waals surface area (Å²) in [6.45, 7) is 2.54. The number of halogens is 1. The van der Waals surface area contributed by atoms with E-state index >= 15 is 0 Å². The molecule has 0 spiro atoms. The molecule has 1 rings (SSSR count). The summed E-state index contributed by atoms with van der Waals surface area (Å²) in [5.41, 5.74) is 7.73. The monoisotopic (exact) mass is 199 g/mol. The van der Waals surface area contributed by atoms with Gasteiger partial charge in [0.05, 0.1) is 12.1 Å². The Morgan fingerprint density at radius 2 is 2.15 bits per heavy atom. The van der Waals surface area contributed by atoms with Gasteiger partial charge in [0.25, 0.3) is 0 Å². The van der Waals surface area contributed by atoms with E-state index in [0.717, 1.165) is 12.0 Å². The van der Waals surface area contributed by atoms with E-state index in [1.807, 2.05) is 12.1 Å². The van der Waals surface area contributed by atoms with Gasteiger partial charge in [0.1, 0.15) is 5.75 Å². The highest BCUT2D eigenvalue weighted by Crippen LogP contribution is 2.29. The first-order valence-corrected chi connectivity index (χ1v) is 4.66. The Balaban J connectivity index is 3.20. The molecule has 0 aliphatic carbocycles. The maximum absolute atomic E-state index is 6.01. The van der Waals surface area contributed by atoms with Crippen LogP contribution < -0.4 is 10.5 Å².